The first kappa shape index (κ1) is 19.5. The quantitative estimate of drug-likeness (QED) is 0.842. The van der Waals surface area contributed by atoms with Crippen LogP contribution in [0.4, 0.5) is 19.8 Å². The average molecular weight is 387 g/mol. The van der Waals surface area contributed by atoms with Gasteiger partial charge in [0.05, 0.1) is 12.2 Å². The van der Waals surface area contributed by atoms with Crippen molar-refractivity contribution in [3.8, 4) is 11.3 Å². The Morgan fingerprint density at radius 1 is 1.36 bits per heavy atom. The van der Waals surface area contributed by atoms with Gasteiger partial charge < -0.3 is 15.0 Å². The van der Waals surface area contributed by atoms with Crippen LogP contribution in [0.15, 0.2) is 24.5 Å². The molecular formula is C19H22FN5O3. The molecule has 0 spiro atoms. The van der Waals surface area contributed by atoms with Crippen LogP contribution in [-0.4, -0.2) is 39.6 Å². The van der Waals surface area contributed by atoms with Gasteiger partial charge in [-0.2, -0.15) is 0 Å². The molecule has 0 atom stereocenters. The standard InChI is InChI=1S/C19H22FN5O3/c1-19(2,3)28-18(27)21-8-12-6-5-11(7-14(12)20)15-13-9-25(4)17(26)24-16(13)23-10-22-15/h5-7,10H,8-9H2,1-4H3,(H,21,27)(H,22,23,24,26). The number of hydrogen-bond donors (Lipinski definition) is 2. The van der Waals surface area contributed by atoms with Crippen molar-refractivity contribution in [3.05, 3.63) is 41.5 Å². The van der Waals surface area contributed by atoms with E-state index in [-0.39, 0.29) is 12.6 Å². The van der Waals surface area contributed by atoms with Crippen LogP contribution in [0.2, 0.25) is 0 Å². The van der Waals surface area contributed by atoms with Crippen molar-refractivity contribution in [1.29, 1.82) is 0 Å². The number of halogens is 1. The molecule has 0 aliphatic carbocycles. The van der Waals surface area contributed by atoms with Crippen LogP contribution in [0.1, 0.15) is 31.9 Å². The highest BCUT2D eigenvalue weighted by molar-refractivity contribution is 5.92. The highest BCUT2D eigenvalue weighted by atomic mass is 19.1. The van der Waals surface area contributed by atoms with Gasteiger partial charge in [-0.1, -0.05) is 12.1 Å². The van der Waals surface area contributed by atoms with E-state index >= 15 is 0 Å². The van der Waals surface area contributed by atoms with Gasteiger partial charge in [0.1, 0.15) is 23.6 Å². The molecule has 2 aromatic rings. The number of alkyl carbamates (subject to hydrolysis) is 1. The number of aromatic nitrogens is 2. The molecule has 0 saturated heterocycles. The second kappa shape index (κ2) is 7.41. The molecule has 1 aromatic carbocycles. The third-order valence-corrected chi connectivity index (χ3v) is 4.06. The van der Waals surface area contributed by atoms with E-state index in [0.29, 0.717) is 34.7 Å². The van der Waals surface area contributed by atoms with Crippen molar-refractivity contribution < 1.29 is 18.7 Å². The van der Waals surface area contributed by atoms with Crippen LogP contribution >= 0.6 is 0 Å². The monoisotopic (exact) mass is 387 g/mol. The van der Waals surface area contributed by atoms with Gasteiger partial charge in [0.25, 0.3) is 0 Å². The first-order chi connectivity index (χ1) is 13.1. The van der Waals surface area contributed by atoms with E-state index in [1.54, 1.807) is 40.0 Å². The molecular weight excluding hydrogens is 365 g/mol. The van der Waals surface area contributed by atoms with E-state index in [1.165, 1.54) is 17.3 Å². The van der Waals surface area contributed by atoms with Gasteiger partial charge >= 0.3 is 12.1 Å². The molecule has 8 nitrogen and oxygen atoms in total. The van der Waals surface area contributed by atoms with E-state index < -0.39 is 17.5 Å². The predicted octanol–water partition coefficient (Wildman–Crippen LogP) is 3.28. The van der Waals surface area contributed by atoms with Crippen molar-refractivity contribution >= 4 is 17.9 Å². The van der Waals surface area contributed by atoms with Gasteiger partial charge in [0.15, 0.2) is 0 Å². The molecule has 0 radical (unpaired) electrons. The fourth-order valence-corrected chi connectivity index (χ4v) is 2.74. The van der Waals surface area contributed by atoms with Crippen LogP contribution in [-0.2, 0) is 17.8 Å². The van der Waals surface area contributed by atoms with Gasteiger partial charge in [-0.05, 0) is 26.8 Å². The minimum absolute atomic E-state index is 0.00169. The van der Waals surface area contributed by atoms with Crippen molar-refractivity contribution in [2.45, 2.75) is 39.5 Å². The summed E-state index contributed by atoms with van der Waals surface area (Å²) in [7, 11) is 1.65. The lowest BCUT2D eigenvalue weighted by Crippen LogP contribution is -2.36. The van der Waals surface area contributed by atoms with Crippen molar-refractivity contribution in [1.82, 2.24) is 20.2 Å². The molecule has 148 valence electrons. The number of anilines is 1. The average Bonchev–Trinajstić information content (AvgIpc) is 2.59. The normalized spacial score (nSPS) is 13.6. The number of benzene rings is 1. The summed E-state index contributed by atoms with van der Waals surface area (Å²) in [5, 5.41) is 5.21. The predicted molar refractivity (Wildman–Crippen MR) is 101 cm³/mol. The second-order valence-electron chi connectivity index (χ2n) is 7.50. The zero-order valence-corrected chi connectivity index (χ0v) is 16.2. The zero-order chi connectivity index (χ0) is 20.5. The number of urea groups is 1. The highest BCUT2D eigenvalue weighted by Crippen LogP contribution is 2.30. The highest BCUT2D eigenvalue weighted by Gasteiger charge is 2.24. The van der Waals surface area contributed by atoms with E-state index in [4.69, 9.17) is 4.74 Å². The Hall–Kier alpha value is -3.23. The van der Waals surface area contributed by atoms with E-state index in [2.05, 4.69) is 20.6 Å². The van der Waals surface area contributed by atoms with E-state index in [0.717, 1.165) is 0 Å². The minimum atomic E-state index is -0.624. The Balaban J connectivity index is 1.79. The van der Waals surface area contributed by atoms with E-state index in [1.807, 2.05) is 0 Å². The largest absolute Gasteiger partial charge is 0.444 e. The van der Waals surface area contributed by atoms with Crippen LogP contribution in [0.25, 0.3) is 11.3 Å². The topological polar surface area (TPSA) is 96.5 Å². The summed E-state index contributed by atoms with van der Waals surface area (Å²) in [5.74, 6) is -0.0571. The number of nitrogens with zero attached hydrogens (tertiary/aromatic N) is 3. The Kier molecular flexibility index (Phi) is 5.17. The zero-order valence-electron chi connectivity index (χ0n) is 16.2. The Labute approximate surface area is 162 Å². The third kappa shape index (κ3) is 4.36. The number of amides is 3. The van der Waals surface area contributed by atoms with Crippen LogP contribution in [0.3, 0.4) is 0 Å². The van der Waals surface area contributed by atoms with Crippen molar-refractivity contribution in [2.75, 3.05) is 12.4 Å². The van der Waals surface area contributed by atoms with Gasteiger partial charge in [0, 0.05) is 30.3 Å². The summed E-state index contributed by atoms with van der Waals surface area (Å²) in [6, 6.07) is 4.40. The van der Waals surface area contributed by atoms with Crippen LogP contribution < -0.4 is 10.6 Å². The van der Waals surface area contributed by atoms with Crippen LogP contribution in [0.5, 0.6) is 0 Å². The molecule has 3 rings (SSSR count). The van der Waals surface area contributed by atoms with Gasteiger partial charge in [0.2, 0.25) is 0 Å². The number of ether oxygens (including phenoxy) is 1. The number of rotatable bonds is 3. The molecule has 1 aliphatic heterocycles. The van der Waals surface area contributed by atoms with Crippen molar-refractivity contribution in [2.24, 2.45) is 0 Å². The van der Waals surface area contributed by atoms with Crippen LogP contribution in [0, 0.1) is 5.82 Å². The summed E-state index contributed by atoms with van der Waals surface area (Å²) in [6.45, 7) is 5.58. The SMILES string of the molecule is CN1Cc2c(ncnc2-c2ccc(CNC(=O)OC(C)(C)C)c(F)c2)NC1=O. The third-order valence-electron chi connectivity index (χ3n) is 4.06. The summed E-state index contributed by atoms with van der Waals surface area (Å²) in [5.41, 5.74) is 1.51. The number of nitrogens with one attached hydrogen (secondary N) is 2. The summed E-state index contributed by atoms with van der Waals surface area (Å²) in [4.78, 5) is 33.3. The van der Waals surface area contributed by atoms with Gasteiger partial charge in [-0.3, -0.25) is 5.32 Å². The summed E-state index contributed by atoms with van der Waals surface area (Å²) < 4.78 is 19.7. The minimum Gasteiger partial charge on any atom is -0.444 e. The van der Waals surface area contributed by atoms with Gasteiger partial charge in [-0.15, -0.1) is 0 Å². The molecule has 28 heavy (non-hydrogen) atoms. The number of carbonyl (C=O) groups is 2. The Bertz CT molecular complexity index is 926. The lowest BCUT2D eigenvalue weighted by molar-refractivity contribution is 0.0523. The molecule has 0 fully saturated rings. The summed E-state index contributed by atoms with van der Waals surface area (Å²) >= 11 is 0. The fraction of sp³-hybridized carbons (Fsp3) is 0.368. The molecule has 3 amide bonds. The molecule has 0 bridgehead atoms. The fourth-order valence-electron chi connectivity index (χ4n) is 2.74. The molecule has 0 unspecified atom stereocenters. The molecule has 0 saturated carbocycles. The van der Waals surface area contributed by atoms with Gasteiger partial charge in [-0.25, -0.2) is 23.9 Å². The molecule has 2 N–H and O–H groups in total. The molecule has 2 heterocycles. The first-order valence-corrected chi connectivity index (χ1v) is 8.75. The number of fused-ring (bicyclic) bond motifs is 1. The van der Waals surface area contributed by atoms with E-state index in [9.17, 15) is 14.0 Å². The Morgan fingerprint density at radius 2 is 2.11 bits per heavy atom. The summed E-state index contributed by atoms with van der Waals surface area (Å²) in [6.07, 6.45) is 0.718. The molecule has 9 heteroatoms. The lowest BCUT2D eigenvalue weighted by atomic mass is 10.0. The smallest absolute Gasteiger partial charge is 0.407 e. The Morgan fingerprint density at radius 3 is 2.79 bits per heavy atom. The lowest BCUT2D eigenvalue weighted by Gasteiger charge is -2.26. The number of carbonyl (C=O) groups excluding carboxylic acids is 2. The first-order valence-electron chi connectivity index (χ1n) is 8.75. The maximum Gasteiger partial charge on any atom is 0.407 e. The molecule has 1 aromatic heterocycles. The van der Waals surface area contributed by atoms with Crippen molar-refractivity contribution in [3.63, 3.8) is 0 Å². The maximum atomic E-state index is 14.6. The maximum absolute atomic E-state index is 14.6. The second-order valence-corrected chi connectivity index (χ2v) is 7.50. The number of hydrogen-bond acceptors (Lipinski definition) is 5. The molecule has 1 aliphatic rings.